The Kier molecular flexibility index (Phi) is 7.48. The molecule has 40 heavy (non-hydrogen) atoms. The molecule has 6 rings (SSSR count). The second-order valence-electron chi connectivity index (χ2n) is 10.4. The van der Waals surface area contributed by atoms with E-state index in [0.717, 1.165) is 38.6 Å². The Morgan fingerprint density at radius 3 is 2.58 bits per heavy atom. The molecule has 208 valence electrons. The fraction of sp³-hybridized carbons (Fsp3) is 0.379. The molecule has 1 saturated carbocycles. The summed E-state index contributed by atoms with van der Waals surface area (Å²) >= 11 is 1.47. The molecule has 2 saturated heterocycles. The second-order valence-corrected chi connectivity index (χ2v) is 11.5. The lowest BCUT2D eigenvalue weighted by molar-refractivity contribution is -0.120. The van der Waals surface area contributed by atoms with Gasteiger partial charge in [-0.05, 0) is 50.1 Å². The monoisotopic (exact) mass is 560 g/mol. The zero-order valence-corrected chi connectivity index (χ0v) is 22.8. The summed E-state index contributed by atoms with van der Waals surface area (Å²) in [6, 6.07) is 12.3. The highest BCUT2D eigenvalue weighted by molar-refractivity contribution is 8.04. The Bertz CT molecular complexity index is 1330. The highest BCUT2D eigenvalue weighted by Crippen LogP contribution is 2.48. The number of urea groups is 1. The molecule has 11 heteroatoms. The number of ether oxygens (including phenoxy) is 1. The summed E-state index contributed by atoms with van der Waals surface area (Å²) < 4.78 is 5.81. The average molecular weight is 561 g/mol. The molecule has 4 N–H and O–H groups in total. The smallest absolute Gasteiger partial charge is 0.326 e. The predicted molar refractivity (Wildman–Crippen MR) is 153 cm³/mol. The molecule has 5 atom stereocenters. The molecule has 3 aliphatic heterocycles. The van der Waals surface area contributed by atoms with Crippen molar-refractivity contribution in [3.05, 3.63) is 71.9 Å². The number of benzene rings is 1. The van der Waals surface area contributed by atoms with E-state index in [0.29, 0.717) is 27.9 Å². The fourth-order valence-corrected chi connectivity index (χ4v) is 7.46. The standard InChI is InChI=1S/C29H32N6O4S/c1-2-22(36)32-19-10-6-7-11-20(19)33-27(37)26-25-24-21(14-15-30-28(24)40-26)35(29(38)34-25)17-12-13-23(31-16-17)39-18-8-4-3-5-9-18/h2-5,8-9,12-13,16,19-21,24,28,30H,1,6-7,10-11,14-15H2,(H,32,36)(H,33,37)(H,34,38)/t19-,20-,21?,24?,28?/m1/s1. The average Bonchev–Trinajstić information content (AvgIpc) is 3.35. The Labute approximate surface area is 237 Å². The SMILES string of the molecule is C=CC(=O)N[C@@H]1CCCC[C@H]1NC(=O)C1=C2NC(=O)N(c3ccc(Oc4ccccc4)nc3)C3CCNC(S1)C23. The summed E-state index contributed by atoms with van der Waals surface area (Å²) in [4.78, 5) is 45.7. The molecule has 1 aromatic carbocycles. The maximum Gasteiger partial charge on any atom is 0.326 e. The van der Waals surface area contributed by atoms with Gasteiger partial charge >= 0.3 is 6.03 Å². The largest absolute Gasteiger partial charge is 0.439 e. The van der Waals surface area contributed by atoms with Crippen molar-refractivity contribution in [2.45, 2.75) is 55.6 Å². The van der Waals surface area contributed by atoms with Gasteiger partial charge in [0.05, 0.1) is 28.2 Å². The summed E-state index contributed by atoms with van der Waals surface area (Å²) in [6.45, 7) is 4.26. The van der Waals surface area contributed by atoms with Crippen LogP contribution in [0.5, 0.6) is 11.6 Å². The Morgan fingerprint density at radius 2 is 1.85 bits per heavy atom. The maximum atomic E-state index is 13.6. The molecule has 1 aliphatic carbocycles. The number of rotatable bonds is 7. The number of piperidine rings is 1. The molecule has 4 amide bonds. The predicted octanol–water partition coefficient (Wildman–Crippen LogP) is 3.40. The molecule has 0 spiro atoms. The van der Waals surface area contributed by atoms with Gasteiger partial charge in [0.1, 0.15) is 5.75 Å². The van der Waals surface area contributed by atoms with Crippen LogP contribution in [-0.2, 0) is 9.59 Å². The molecule has 1 aromatic heterocycles. The normalized spacial score (nSPS) is 27.4. The van der Waals surface area contributed by atoms with Crippen molar-refractivity contribution in [2.75, 3.05) is 11.4 Å². The lowest BCUT2D eigenvalue weighted by atomic mass is 9.86. The molecule has 4 heterocycles. The van der Waals surface area contributed by atoms with Crippen LogP contribution in [0.15, 0.2) is 71.9 Å². The number of nitrogens with zero attached hydrogens (tertiary/aromatic N) is 2. The van der Waals surface area contributed by atoms with E-state index in [9.17, 15) is 14.4 Å². The van der Waals surface area contributed by atoms with Crippen LogP contribution < -0.4 is 30.9 Å². The van der Waals surface area contributed by atoms with Gasteiger partial charge in [0.15, 0.2) is 0 Å². The zero-order valence-electron chi connectivity index (χ0n) is 22.0. The van der Waals surface area contributed by atoms with E-state index in [1.54, 1.807) is 17.2 Å². The van der Waals surface area contributed by atoms with E-state index in [1.807, 2.05) is 36.4 Å². The maximum absolute atomic E-state index is 13.6. The highest BCUT2D eigenvalue weighted by Gasteiger charge is 2.52. The first-order valence-corrected chi connectivity index (χ1v) is 14.6. The van der Waals surface area contributed by atoms with Gasteiger partial charge in [0.25, 0.3) is 5.91 Å². The number of anilines is 1. The summed E-state index contributed by atoms with van der Waals surface area (Å²) in [7, 11) is 0. The summed E-state index contributed by atoms with van der Waals surface area (Å²) in [5.41, 5.74) is 1.35. The number of hydrogen-bond donors (Lipinski definition) is 4. The topological polar surface area (TPSA) is 125 Å². The van der Waals surface area contributed by atoms with E-state index < -0.39 is 0 Å². The summed E-state index contributed by atoms with van der Waals surface area (Å²) in [5.74, 6) is 0.607. The van der Waals surface area contributed by atoms with Gasteiger partial charge in [-0.15, -0.1) is 0 Å². The minimum Gasteiger partial charge on any atom is -0.439 e. The van der Waals surface area contributed by atoms with Gasteiger partial charge < -0.3 is 26.0 Å². The van der Waals surface area contributed by atoms with Gasteiger partial charge in [-0.25, -0.2) is 9.78 Å². The van der Waals surface area contributed by atoms with E-state index in [-0.39, 0.29) is 47.3 Å². The number of nitrogens with one attached hydrogen (secondary N) is 4. The van der Waals surface area contributed by atoms with Crippen molar-refractivity contribution < 1.29 is 19.1 Å². The lowest BCUT2D eigenvalue weighted by Gasteiger charge is -2.45. The number of amides is 4. The zero-order chi connectivity index (χ0) is 27.6. The van der Waals surface area contributed by atoms with Crippen LogP contribution in [0.3, 0.4) is 0 Å². The van der Waals surface area contributed by atoms with Crippen LogP contribution >= 0.6 is 11.8 Å². The highest BCUT2D eigenvalue weighted by atomic mass is 32.2. The molecule has 10 nitrogen and oxygen atoms in total. The van der Waals surface area contributed by atoms with Gasteiger partial charge in [-0.3, -0.25) is 14.5 Å². The number of hydrogen-bond acceptors (Lipinski definition) is 7. The minimum atomic E-state index is -0.281. The number of carbonyl (C=O) groups excluding carboxylic acids is 3. The molecular weight excluding hydrogens is 528 g/mol. The molecular formula is C29H32N6O4S. The number of aromatic nitrogens is 1. The quantitative estimate of drug-likeness (QED) is 0.383. The van der Waals surface area contributed by atoms with Crippen LogP contribution in [0.2, 0.25) is 0 Å². The van der Waals surface area contributed by atoms with Crippen molar-refractivity contribution >= 4 is 35.3 Å². The Morgan fingerprint density at radius 1 is 1.07 bits per heavy atom. The van der Waals surface area contributed by atoms with E-state index >= 15 is 0 Å². The van der Waals surface area contributed by atoms with E-state index in [2.05, 4.69) is 32.8 Å². The van der Waals surface area contributed by atoms with Gasteiger partial charge in [0, 0.05) is 29.8 Å². The molecule has 0 bridgehead atoms. The van der Waals surface area contributed by atoms with Crippen molar-refractivity contribution in [3.8, 4) is 11.6 Å². The van der Waals surface area contributed by atoms with Crippen LogP contribution in [0.4, 0.5) is 10.5 Å². The molecule has 2 aromatic rings. The molecule has 3 unspecified atom stereocenters. The minimum absolute atomic E-state index is 0.0335. The van der Waals surface area contributed by atoms with Crippen LogP contribution in [0.1, 0.15) is 32.1 Å². The van der Waals surface area contributed by atoms with E-state index in [1.165, 1.54) is 17.8 Å². The number of para-hydroxylation sites is 1. The van der Waals surface area contributed by atoms with Gasteiger partial charge in [-0.2, -0.15) is 0 Å². The number of carbonyl (C=O) groups is 3. The van der Waals surface area contributed by atoms with Crippen molar-refractivity contribution in [3.63, 3.8) is 0 Å². The van der Waals surface area contributed by atoms with Gasteiger partial charge in [-0.1, -0.05) is 49.4 Å². The summed E-state index contributed by atoms with van der Waals surface area (Å²) in [5, 5.41) is 12.6. The van der Waals surface area contributed by atoms with Crippen molar-refractivity contribution in [2.24, 2.45) is 5.92 Å². The second kappa shape index (κ2) is 11.3. The lowest BCUT2D eigenvalue weighted by Crippen LogP contribution is -2.62. The van der Waals surface area contributed by atoms with Gasteiger partial charge in [0.2, 0.25) is 11.8 Å². The Balaban J connectivity index is 1.20. The molecule has 0 radical (unpaired) electrons. The first kappa shape index (κ1) is 26.4. The van der Waals surface area contributed by atoms with E-state index in [4.69, 9.17) is 4.74 Å². The number of pyridine rings is 1. The van der Waals surface area contributed by atoms with Crippen LogP contribution in [-0.4, -0.2) is 52.9 Å². The fourth-order valence-electron chi connectivity index (χ4n) is 6.06. The molecule has 4 aliphatic rings. The van der Waals surface area contributed by atoms with Crippen molar-refractivity contribution in [1.82, 2.24) is 26.3 Å². The molecule has 3 fully saturated rings. The summed E-state index contributed by atoms with van der Waals surface area (Å²) in [6.07, 6.45) is 7.21. The number of thioether (sulfide) groups is 1. The van der Waals surface area contributed by atoms with Crippen LogP contribution in [0, 0.1) is 5.92 Å². The van der Waals surface area contributed by atoms with Crippen molar-refractivity contribution in [1.29, 1.82) is 0 Å². The third-order valence-corrected chi connectivity index (χ3v) is 9.26. The van der Waals surface area contributed by atoms with Crippen LogP contribution in [0.25, 0.3) is 0 Å². The third-order valence-electron chi connectivity index (χ3n) is 7.91. The first-order valence-electron chi connectivity index (χ1n) is 13.7. The third kappa shape index (κ3) is 5.18. The Hall–Kier alpha value is -3.83. The first-order chi connectivity index (χ1) is 19.5.